The smallest absolute Gasteiger partial charge is 0.289 e. The predicted octanol–water partition coefficient (Wildman–Crippen LogP) is -2.60. The van der Waals surface area contributed by atoms with Gasteiger partial charge in [0.1, 0.15) is 24.2 Å². The van der Waals surface area contributed by atoms with E-state index in [1.165, 1.54) is 17.4 Å². The third-order valence-electron chi connectivity index (χ3n) is 3.23. The number of hydrogen-bond donors (Lipinski definition) is 3. The van der Waals surface area contributed by atoms with Crippen molar-refractivity contribution >= 4 is 34.9 Å². The van der Waals surface area contributed by atoms with Gasteiger partial charge in [0.2, 0.25) is 5.91 Å². The first kappa shape index (κ1) is 19.8. The zero-order valence-corrected chi connectivity index (χ0v) is 14.1. The Morgan fingerprint density at radius 2 is 2.08 bits per heavy atom. The fourth-order valence-electron chi connectivity index (χ4n) is 1.98. The highest BCUT2D eigenvalue weighted by molar-refractivity contribution is 6.32. The van der Waals surface area contributed by atoms with E-state index in [2.05, 4.69) is 5.32 Å². The molecule has 0 aliphatic carbocycles. The molecule has 0 fully saturated rings. The largest absolute Gasteiger partial charge is 0.544 e. The van der Waals surface area contributed by atoms with E-state index in [0.29, 0.717) is 6.54 Å². The lowest BCUT2D eigenvalue weighted by molar-refractivity contribution is -0.876. The van der Waals surface area contributed by atoms with Gasteiger partial charge in [0.25, 0.3) is 5.69 Å². The fourth-order valence-corrected chi connectivity index (χ4v) is 2.16. The Morgan fingerprint density at radius 3 is 2.62 bits per heavy atom. The zero-order valence-electron chi connectivity index (χ0n) is 13.4. The van der Waals surface area contributed by atoms with Crippen LogP contribution in [0.4, 0.5) is 11.4 Å². The number of nitro benzene ring substituents is 1. The summed E-state index contributed by atoms with van der Waals surface area (Å²) in [6, 6.07) is 2.79. The van der Waals surface area contributed by atoms with Gasteiger partial charge in [0.05, 0.1) is 31.4 Å². The van der Waals surface area contributed by atoms with E-state index in [9.17, 15) is 24.8 Å². The quantitative estimate of drug-likeness (QED) is 0.328. The Kier molecular flexibility index (Phi) is 7.56. The summed E-state index contributed by atoms with van der Waals surface area (Å²) >= 11 is 5.69. The topological polar surface area (TPSA) is 133 Å². The van der Waals surface area contributed by atoms with Crippen LogP contribution in [0.5, 0.6) is 0 Å². The first-order valence-electron chi connectivity index (χ1n) is 7.27. The average molecular weight is 360 g/mol. The molecular formula is C14H20ClN4O5+. The third-order valence-corrected chi connectivity index (χ3v) is 3.55. The highest BCUT2D eigenvalue weighted by Crippen LogP contribution is 2.27. The van der Waals surface area contributed by atoms with Crippen molar-refractivity contribution in [2.24, 2.45) is 0 Å². The molecule has 0 radical (unpaired) electrons. The lowest BCUT2D eigenvalue weighted by Gasteiger charge is -2.17. The van der Waals surface area contributed by atoms with Crippen LogP contribution >= 0.6 is 11.6 Å². The fraction of sp³-hybridized carbons (Fsp3) is 0.429. The van der Waals surface area contributed by atoms with Crippen molar-refractivity contribution in [3.63, 3.8) is 0 Å². The van der Waals surface area contributed by atoms with Crippen molar-refractivity contribution in [1.82, 2.24) is 0 Å². The van der Waals surface area contributed by atoms with Crippen LogP contribution in [-0.2, 0) is 9.59 Å². The molecule has 0 aliphatic heterocycles. The van der Waals surface area contributed by atoms with E-state index in [4.69, 9.17) is 11.6 Å². The van der Waals surface area contributed by atoms with Crippen molar-refractivity contribution in [2.45, 2.75) is 12.5 Å². The number of likely N-dealkylation sites (N-methyl/N-ethyl adjacent to an activating group) is 1. The number of anilines is 1. The van der Waals surface area contributed by atoms with E-state index >= 15 is 0 Å². The Bertz CT molecular complexity index is 623. The standard InChI is InChI=1S/C14H19ClN4O5/c1-18(2)6-5-16-11(14(21)22)8-13(20)17-9-3-4-10(15)12(7-9)19(23)24/h3-4,7,11,16H,5-6,8H2,1-2H3,(H,17,20)(H,21,22)/p+1/t11-/m1/s1. The molecule has 0 unspecified atom stereocenters. The van der Waals surface area contributed by atoms with Crippen LogP contribution in [0.3, 0.4) is 0 Å². The van der Waals surface area contributed by atoms with Gasteiger partial charge in [0, 0.05) is 11.8 Å². The van der Waals surface area contributed by atoms with E-state index in [1.807, 2.05) is 14.1 Å². The molecule has 9 nitrogen and oxygen atoms in total. The van der Waals surface area contributed by atoms with Crippen LogP contribution < -0.4 is 20.6 Å². The lowest BCUT2D eigenvalue weighted by Crippen LogP contribution is -3.10. The van der Waals surface area contributed by atoms with Gasteiger partial charge in [-0.1, -0.05) is 11.6 Å². The summed E-state index contributed by atoms with van der Waals surface area (Å²) in [5.41, 5.74) is -0.169. The van der Waals surface area contributed by atoms with Gasteiger partial charge in [0.15, 0.2) is 0 Å². The number of nitrogens with zero attached hydrogens (tertiary/aromatic N) is 1. The number of quaternary nitrogens is 2. The van der Waals surface area contributed by atoms with E-state index in [-0.39, 0.29) is 22.8 Å². The number of hydrogen-bond acceptors (Lipinski definition) is 5. The molecule has 132 valence electrons. The summed E-state index contributed by atoms with van der Waals surface area (Å²) in [6.45, 7) is 1.26. The van der Waals surface area contributed by atoms with E-state index in [0.717, 1.165) is 17.5 Å². The Labute approximate surface area is 143 Å². The van der Waals surface area contributed by atoms with Crippen LogP contribution in [0.25, 0.3) is 0 Å². The summed E-state index contributed by atoms with van der Waals surface area (Å²) in [4.78, 5) is 34.4. The molecule has 0 heterocycles. The van der Waals surface area contributed by atoms with Crippen molar-refractivity contribution in [3.8, 4) is 0 Å². The van der Waals surface area contributed by atoms with Crippen molar-refractivity contribution in [2.75, 3.05) is 32.5 Å². The van der Waals surface area contributed by atoms with Gasteiger partial charge in [-0.15, -0.1) is 0 Å². The second-order valence-corrected chi connectivity index (χ2v) is 5.99. The third kappa shape index (κ3) is 6.49. The minimum Gasteiger partial charge on any atom is -0.544 e. The summed E-state index contributed by atoms with van der Waals surface area (Å²) in [6.07, 6.45) is -0.304. The predicted molar refractivity (Wildman–Crippen MR) is 84.6 cm³/mol. The summed E-state index contributed by atoms with van der Waals surface area (Å²) in [5.74, 6) is -1.91. The second-order valence-electron chi connectivity index (χ2n) is 5.58. The Hall–Kier alpha value is -2.23. The number of carboxylic acids is 1. The lowest BCUT2D eigenvalue weighted by atomic mass is 10.2. The minimum absolute atomic E-state index is 0.0508. The molecule has 0 aliphatic rings. The number of rotatable bonds is 9. The number of nitrogens with two attached hydrogens (primary N) is 1. The second kappa shape index (κ2) is 9.16. The molecule has 1 atom stereocenters. The molecule has 0 saturated heterocycles. The maximum atomic E-state index is 12.0. The van der Waals surface area contributed by atoms with Gasteiger partial charge in [-0.3, -0.25) is 14.9 Å². The molecule has 0 spiro atoms. The van der Waals surface area contributed by atoms with Crippen molar-refractivity contribution in [1.29, 1.82) is 0 Å². The molecule has 0 aromatic heterocycles. The molecule has 1 aromatic rings. The van der Waals surface area contributed by atoms with Crippen molar-refractivity contribution < 1.29 is 29.8 Å². The number of amides is 1. The molecule has 1 rings (SSSR count). The van der Waals surface area contributed by atoms with Crippen LogP contribution in [-0.4, -0.2) is 50.0 Å². The number of carbonyl (C=O) groups is 2. The molecule has 24 heavy (non-hydrogen) atoms. The highest BCUT2D eigenvalue weighted by Gasteiger charge is 2.20. The van der Waals surface area contributed by atoms with Gasteiger partial charge < -0.3 is 25.4 Å². The Morgan fingerprint density at radius 1 is 1.42 bits per heavy atom. The van der Waals surface area contributed by atoms with Gasteiger partial charge >= 0.3 is 0 Å². The van der Waals surface area contributed by atoms with Crippen LogP contribution in [0.15, 0.2) is 18.2 Å². The van der Waals surface area contributed by atoms with Gasteiger partial charge in [-0.25, -0.2) is 0 Å². The molecule has 10 heteroatoms. The monoisotopic (exact) mass is 359 g/mol. The van der Waals surface area contributed by atoms with Crippen molar-refractivity contribution in [3.05, 3.63) is 33.3 Å². The molecule has 0 bridgehead atoms. The summed E-state index contributed by atoms with van der Waals surface area (Å²) < 4.78 is 0. The maximum absolute atomic E-state index is 12.0. The van der Waals surface area contributed by atoms with Gasteiger partial charge in [-0.2, -0.15) is 0 Å². The van der Waals surface area contributed by atoms with E-state index in [1.54, 1.807) is 0 Å². The first-order chi connectivity index (χ1) is 11.2. The zero-order chi connectivity index (χ0) is 18.3. The first-order valence-corrected chi connectivity index (χ1v) is 7.65. The number of benzene rings is 1. The number of nitrogens with one attached hydrogen (secondary N) is 2. The van der Waals surface area contributed by atoms with Gasteiger partial charge in [-0.05, 0) is 12.1 Å². The summed E-state index contributed by atoms with van der Waals surface area (Å²) in [7, 11) is 3.87. The average Bonchev–Trinajstić information content (AvgIpc) is 2.47. The maximum Gasteiger partial charge on any atom is 0.289 e. The number of carboxylic acid groups (broad SMARTS) is 1. The molecular weight excluding hydrogens is 340 g/mol. The number of carbonyl (C=O) groups excluding carboxylic acids is 2. The summed E-state index contributed by atoms with van der Waals surface area (Å²) in [5, 5.41) is 25.8. The van der Waals surface area contributed by atoms with E-state index < -0.39 is 22.8 Å². The normalized spacial score (nSPS) is 12.0. The molecule has 1 aromatic carbocycles. The number of aliphatic carboxylic acids is 1. The molecule has 4 N–H and O–H groups in total. The van der Waals surface area contributed by atoms with Crippen LogP contribution in [0.1, 0.15) is 6.42 Å². The van der Waals surface area contributed by atoms with Crippen LogP contribution in [0.2, 0.25) is 5.02 Å². The highest BCUT2D eigenvalue weighted by atomic mass is 35.5. The Balaban J connectivity index is 2.67. The van der Waals surface area contributed by atoms with Crippen LogP contribution in [0, 0.1) is 10.1 Å². The SMILES string of the molecule is C[NH+](C)CC[NH2+][C@H](CC(=O)Nc1ccc(Cl)c([N+](=O)[O-])c1)C(=O)[O-]. The number of halogens is 1. The minimum atomic E-state index is -1.33. The molecule has 1 amide bonds. The molecule has 0 saturated carbocycles. The number of nitro groups is 1.